The van der Waals surface area contributed by atoms with Crippen LogP contribution in [0.2, 0.25) is 0 Å². The largest absolute Gasteiger partial charge is 0.323 e. The van der Waals surface area contributed by atoms with Gasteiger partial charge in [-0.15, -0.1) is 0 Å². The normalized spacial score (nSPS) is 32.1. The summed E-state index contributed by atoms with van der Waals surface area (Å²) in [5, 5.41) is 3.76. The van der Waals surface area contributed by atoms with E-state index in [1.165, 1.54) is 25.0 Å². The molecule has 1 rings (SSSR count). The van der Waals surface area contributed by atoms with Gasteiger partial charge >= 0.3 is 0 Å². The van der Waals surface area contributed by atoms with Crippen LogP contribution in [0.4, 0.5) is 0 Å². The Hall–Kier alpha value is -0.530. The standard InChI is InChI=1S/C8H16N2/c1-7-3-2-4-8(10-9)6-5-7/h7H,2-6,9H2,1H3/b10-8+. The average molecular weight is 140 g/mol. The number of hydrazone groups is 1. The van der Waals surface area contributed by atoms with Crippen LogP contribution in [0.15, 0.2) is 5.10 Å². The molecule has 0 aliphatic heterocycles. The lowest BCUT2D eigenvalue weighted by Crippen LogP contribution is -1.99. The smallest absolute Gasteiger partial charge is 0.0376 e. The summed E-state index contributed by atoms with van der Waals surface area (Å²) in [6.45, 7) is 2.31. The van der Waals surface area contributed by atoms with Crippen LogP contribution < -0.4 is 5.84 Å². The minimum Gasteiger partial charge on any atom is -0.323 e. The van der Waals surface area contributed by atoms with Crippen LogP contribution in [-0.4, -0.2) is 5.71 Å². The van der Waals surface area contributed by atoms with E-state index in [1.807, 2.05) is 0 Å². The molecule has 0 aromatic heterocycles. The predicted octanol–water partition coefficient (Wildman–Crippen LogP) is 1.90. The van der Waals surface area contributed by atoms with Crippen molar-refractivity contribution in [2.24, 2.45) is 16.9 Å². The topological polar surface area (TPSA) is 38.4 Å². The van der Waals surface area contributed by atoms with Crippen LogP contribution in [-0.2, 0) is 0 Å². The van der Waals surface area contributed by atoms with Gasteiger partial charge in [0.15, 0.2) is 0 Å². The Morgan fingerprint density at radius 1 is 1.40 bits per heavy atom. The van der Waals surface area contributed by atoms with Crippen molar-refractivity contribution < 1.29 is 0 Å². The van der Waals surface area contributed by atoms with E-state index >= 15 is 0 Å². The Balaban J connectivity index is 2.41. The van der Waals surface area contributed by atoms with Gasteiger partial charge in [0, 0.05) is 5.71 Å². The number of hydrogen-bond acceptors (Lipinski definition) is 2. The second-order valence-electron chi connectivity index (χ2n) is 3.23. The van der Waals surface area contributed by atoms with Crippen molar-refractivity contribution in [3.05, 3.63) is 0 Å². The molecule has 0 spiro atoms. The lowest BCUT2D eigenvalue weighted by molar-refractivity contribution is 0.508. The first-order valence-corrected chi connectivity index (χ1v) is 4.08. The Bertz CT molecular complexity index is 129. The summed E-state index contributed by atoms with van der Waals surface area (Å²) in [5.74, 6) is 6.08. The van der Waals surface area contributed by atoms with E-state index < -0.39 is 0 Å². The van der Waals surface area contributed by atoms with E-state index in [0.29, 0.717) is 0 Å². The van der Waals surface area contributed by atoms with Crippen molar-refractivity contribution in [2.75, 3.05) is 0 Å². The van der Waals surface area contributed by atoms with E-state index in [4.69, 9.17) is 5.84 Å². The van der Waals surface area contributed by atoms with Crippen molar-refractivity contribution in [2.45, 2.75) is 39.0 Å². The molecule has 0 aromatic carbocycles. The first-order chi connectivity index (χ1) is 4.83. The highest BCUT2D eigenvalue weighted by molar-refractivity contribution is 5.84. The van der Waals surface area contributed by atoms with Gasteiger partial charge in [0.05, 0.1) is 0 Å². The molecule has 1 saturated carbocycles. The average Bonchev–Trinajstić information content (AvgIpc) is 2.14. The van der Waals surface area contributed by atoms with Crippen LogP contribution >= 0.6 is 0 Å². The SMILES string of the molecule is CC1CCC/C(=N\N)CC1. The van der Waals surface area contributed by atoms with E-state index in [0.717, 1.165) is 18.8 Å². The zero-order valence-corrected chi connectivity index (χ0v) is 6.64. The van der Waals surface area contributed by atoms with Gasteiger partial charge in [-0.3, -0.25) is 0 Å². The van der Waals surface area contributed by atoms with Crippen LogP contribution in [0, 0.1) is 5.92 Å². The molecule has 0 amide bonds. The van der Waals surface area contributed by atoms with E-state index in [9.17, 15) is 0 Å². The molecule has 0 saturated heterocycles. The maximum atomic E-state index is 5.21. The third-order valence-electron chi connectivity index (χ3n) is 2.27. The summed E-state index contributed by atoms with van der Waals surface area (Å²) in [6.07, 6.45) is 6.14. The summed E-state index contributed by atoms with van der Waals surface area (Å²) >= 11 is 0. The maximum Gasteiger partial charge on any atom is 0.0376 e. The zero-order valence-electron chi connectivity index (χ0n) is 6.64. The molecule has 58 valence electrons. The van der Waals surface area contributed by atoms with Crippen molar-refractivity contribution in [1.82, 2.24) is 0 Å². The van der Waals surface area contributed by atoms with Crippen molar-refractivity contribution >= 4 is 5.71 Å². The van der Waals surface area contributed by atoms with Gasteiger partial charge in [0.2, 0.25) is 0 Å². The fourth-order valence-corrected chi connectivity index (χ4v) is 1.47. The molecule has 0 bridgehead atoms. The van der Waals surface area contributed by atoms with Crippen LogP contribution in [0.25, 0.3) is 0 Å². The molecule has 0 radical (unpaired) electrons. The van der Waals surface area contributed by atoms with Crippen molar-refractivity contribution in [3.63, 3.8) is 0 Å². The summed E-state index contributed by atoms with van der Waals surface area (Å²) in [5.41, 5.74) is 1.21. The van der Waals surface area contributed by atoms with Gasteiger partial charge in [-0.2, -0.15) is 5.10 Å². The molecule has 1 unspecified atom stereocenters. The Kier molecular flexibility index (Phi) is 2.72. The molecule has 1 fully saturated rings. The molecule has 2 N–H and O–H groups in total. The highest BCUT2D eigenvalue weighted by Crippen LogP contribution is 2.20. The van der Waals surface area contributed by atoms with Crippen molar-refractivity contribution in [3.8, 4) is 0 Å². The van der Waals surface area contributed by atoms with E-state index in [2.05, 4.69) is 12.0 Å². The minimum atomic E-state index is 0.874. The molecular weight excluding hydrogens is 124 g/mol. The Labute approximate surface area is 62.5 Å². The number of rotatable bonds is 0. The van der Waals surface area contributed by atoms with Gasteiger partial charge in [0.1, 0.15) is 0 Å². The summed E-state index contributed by atoms with van der Waals surface area (Å²) in [7, 11) is 0. The van der Waals surface area contributed by atoms with Gasteiger partial charge in [-0.1, -0.05) is 13.3 Å². The molecule has 0 aromatic rings. The second-order valence-corrected chi connectivity index (χ2v) is 3.23. The van der Waals surface area contributed by atoms with E-state index in [1.54, 1.807) is 0 Å². The first-order valence-electron chi connectivity index (χ1n) is 4.08. The van der Waals surface area contributed by atoms with Gasteiger partial charge in [-0.05, 0) is 31.6 Å². The Morgan fingerprint density at radius 3 is 2.90 bits per heavy atom. The van der Waals surface area contributed by atoms with E-state index in [-0.39, 0.29) is 0 Å². The summed E-state index contributed by atoms with van der Waals surface area (Å²) in [6, 6.07) is 0. The maximum absolute atomic E-state index is 5.21. The Morgan fingerprint density at radius 2 is 2.20 bits per heavy atom. The van der Waals surface area contributed by atoms with Crippen LogP contribution in [0.5, 0.6) is 0 Å². The van der Waals surface area contributed by atoms with Crippen LogP contribution in [0.3, 0.4) is 0 Å². The van der Waals surface area contributed by atoms with Crippen LogP contribution in [0.1, 0.15) is 39.0 Å². The molecule has 1 atom stereocenters. The second kappa shape index (κ2) is 3.59. The highest BCUT2D eigenvalue weighted by Gasteiger charge is 2.10. The fourth-order valence-electron chi connectivity index (χ4n) is 1.47. The van der Waals surface area contributed by atoms with Gasteiger partial charge < -0.3 is 5.84 Å². The predicted molar refractivity (Wildman–Crippen MR) is 43.9 cm³/mol. The monoisotopic (exact) mass is 140 g/mol. The van der Waals surface area contributed by atoms with Gasteiger partial charge in [-0.25, -0.2) is 0 Å². The number of hydrogen-bond donors (Lipinski definition) is 1. The molecule has 2 heteroatoms. The summed E-state index contributed by atoms with van der Waals surface area (Å²) < 4.78 is 0. The third-order valence-corrected chi connectivity index (χ3v) is 2.27. The zero-order chi connectivity index (χ0) is 7.40. The van der Waals surface area contributed by atoms with Crippen molar-refractivity contribution in [1.29, 1.82) is 0 Å². The summed E-state index contributed by atoms with van der Waals surface area (Å²) in [4.78, 5) is 0. The number of nitrogens with zero attached hydrogens (tertiary/aromatic N) is 1. The molecule has 0 heterocycles. The molecule has 1 aliphatic carbocycles. The molecular formula is C8H16N2. The fraction of sp³-hybridized carbons (Fsp3) is 0.875. The third kappa shape index (κ3) is 2.01. The lowest BCUT2D eigenvalue weighted by atomic mass is 10.0. The lowest BCUT2D eigenvalue weighted by Gasteiger charge is -2.02. The molecule has 2 nitrogen and oxygen atoms in total. The molecule has 10 heavy (non-hydrogen) atoms. The minimum absolute atomic E-state index is 0.874. The first kappa shape index (κ1) is 7.58. The number of nitrogens with two attached hydrogens (primary N) is 1. The quantitative estimate of drug-likeness (QED) is 0.311. The molecule has 1 aliphatic rings. The van der Waals surface area contributed by atoms with Gasteiger partial charge in [0.25, 0.3) is 0 Å². The highest BCUT2D eigenvalue weighted by atomic mass is 15.1.